The van der Waals surface area contributed by atoms with Crippen LogP contribution in [0.5, 0.6) is 0 Å². The Balaban J connectivity index is 4.46. The summed E-state index contributed by atoms with van der Waals surface area (Å²) >= 11 is 0. The van der Waals surface area contributed by atoms with Crippen LogP contribution in [0.4, 0.5) is 0 Å². The number of hydrogen-bond donors (Lipinski definition) is 0. The predicted octanol–water partition coefficient (Wildman–Crippen LogP) is 0.618. The molecule has 0 saturated carbocycles. The van der Waals surface area contributed by atoms with Gasteiger partial charge in [0.25, 0.3) is 0 Å². The highest BCUT2D eigenvalue weighted by atomic mass is 16.1. The van der Waals surface area contributed by atoms with Crippen LogP contribution in [0.25, 0.3) is 10.3 Å². The van der Waals surface area contributed by atoms with Crippen molar-refractivity contribution in [1.29, 1.82) is 0 Å². The first-order valence-corrected chi connectivity index (χ1v) is 1.87. The number of rotatable bonds is 1. The van der Waals surface area contributed by atoms with Gasteiger partial charge < -0.3 is 10.2 Å². The van der Waals surface area contributed by atoms with Crippen molar-refractivity contribution in [3.05, 3.63) is 22.5 Å². The maximum absolute atomic E-state index is 10.1. The standard InChI is InChI=1S/C5H3N2O/c1-4(8)5(3-6)7-2/h1H3/q-1. The number of carbonyl (C=O) groups excluding carboxylic acids is 1. The van der Waals surface area contributed by atoms with Crippen LogP contribution >= 0.6 is 0 Å². The van der Waals surface area contributed by atoms with E-state index in [1.165, 1.54) is 12.8 Å². The Bertz CT molecular complexity index is 193. The van der Waals surface area contributed by atoms with Gasteiger partial charge in [0.15, 0.2) is 5.78 Å². The molecule has 0 unspecified atom stereocenters. The van der Waals surface area contributed by atoms with E-state index in [1.807, 2.05) is 0 Å². The van der Waals surface area contributed by atoms with Crippen molar-refractivity contribution in [2.45, 2.75) is 6.92 Å². The van der Waals surface area contributed by atoms with E-state index in [4.69, 9.17) is 12.0 Å². The molecule has 0 aliphatic carbocycles. The third-order valence-electron chi connectivity index (χ3n) is 0.551. The zero-order valence-corrected chi connectivity index (χ0v) is 4.30. The van der Waals surface area contributed by atoms with Gasteiger partial charge in [-0.2, -0.15) is 0 Å². The van der Waals surface area contributed by atoms with Crippen LogP contribution in [-0.2, 0) is 4.79 Å². The lowest BCUT2D eigenvalue weighted by Gasteiger charge is -1.82. The predicted molar refractivity (Wildman–Crippen MR) is 29.2 cm³/mol. The molecule has 3 heteroatoms. The third kappa shape index (κ3) is 1.38. The third-order valence-corrected chi connectivity index (χ3v) is 0.551. The molecule has 0 aromatic rings. The van der Waals surface area contributed by atoms with E-state index in [1.54, 1.807) is 0 Å². The Hall–Kier alpha value is -1.39. The van der Waals surface area contributed by atoms with E-state index in [0.717, 1.165) is 0 Å². The molecule has 0 heterocycles. The highest BCUT2D eigenvalue weighted by Crippen LogP contribution is 1.89. The summed E-state index contributed by atoms with van der Waals surface area (Å²) in [4.78, 5) is 12.8. The smallest absolute Gasteiger partial charge is 0.247 e. The van der Waals surface area contributed by atoms with E-state index >= 15 is 0 Å². The molecule has 0 N–H and O–H groups in total. The van der Waals surface area contributed by atoms with Gasteiger partial charge in [0.2, 0.25) is 5.70 Å². The number of nitrogens with zero attached hydrogens (tertiary/aromatic N) is 2. The molecule has 0 aliphatic rings. The lowest BCUT2D eigenvalue weighted by molar-refractivity contribution is -0.113. The molecule has 0 atom stereocenters. The van der Waals surface area contributed by atoms with Gasteiger partial charge in [-0.3, -0.25) is 5.87 Å². The van der Waals surface area contributed by atoms with Crippen molar-refractivity contribution < 1.29 is 4.79 Å². The van der Waals surface area contributed by atoms with Crippen LogP contribution in [0, 0.1) is 6.57 Å². The van der Waals surface area contributed by atoms with Crippen molar-refractivity contribution in [2.75, 3.05) is 0 Å². The highest BCUT2D eigenvalue weighted by Gasteiger charge is 1.95. The number of carbonyl (C=O) groups is 1. The van der Waals surface area contributed by atoms with Crippen LogP contribution < -0.4 is 0 Å². The van der Waals surface area contributed by atoms with E-state index in [2.05, 4.69) is 4.85 Å². The lowest BCUT2D eigenvalue weighted by Crippen LogP contribution is -1.89. The molecule has 3 nitrogen and oxygen atoms in total. The molecule has 0 spiro atoms. The first-order chi connectivity index (χ1) is 3.72. The first-order valence-electron chi connectivity index (χ1n) is 1.87. The van der Waals surface area contributed by atoms with Gasteiger partial charge in [0.1, 0.15) is 0 Å². The normalized spacial score (nSPS) is 6.50. The van der Waals surface area contributed by atoms with Crippen LogP contribution in [0.2, 0.25) is 0 Å². The SMILES string of the molecule is [C-]#[N+]C(=C=[N-])C(C)=O. The van der Waals surface area contributed by atoms with Crippen molar-refractivity contribution >= 4 is 11.7 Å². The molecular weight excluding hydrogens is 104 g/mol. The van der Waals surface area contributed by atoms with Crippen LogP contribution in [0.1, 0.15) is 6.92 Å². The van der Waals surface area contributed by atoms with Gasteiger partial charge in [0, 0.05) is 0 Å². The summed E-state index contributed by atoms with van der Waals surface area (Å²) in [6.07, 6.45) is 0. The second-order valence-corrected chi connectivity index (χ2v) is 1.13. The largest absolute Gasteiger partial charge is 0.775 e. The Morgan fingerprint density at radius 1 is 1.88 bits per heavy atom. The van der Waals surface area contributed by atoms with E-state index in [0.29, 0.717) is 0 Å². The molecule has 0 fully saturated rings. The Morgan fingerprint density at radius 2 is 2.38 bits per heavy atom. The zero-order valence-electron chi connectivity index (χ0n) is 4.30. The van der Waals surface area contributed by atoms with Crippen LogP contribution in [-0.4, -0.2) is 11.7 Å². The van der Waals surface area contributed by atoms with E-state index < -0.39 is 5.78 Å². The topological polar surface area (TPSA) is 43.7 Å². The summed E-state index contributed by atoms with van der Waals surface area (Å²) in [6.45, 7) is 7.43. The minimum Gasteiger partial charge on any atom is -0.775 e. The van der Waals surface area contributed by atoms with E-state index in [9.17, 15) is 4.79 Å². The fourth-order valence-corrected chi connectivity index (χ4v) is 0.182. The van der Waals surface area contributed by atoms with Gasteiger partial charge in [-0.1, -0.05) is 0 Å². The van der Waals surface area contributed by atoms with Crippen LogP contribution in [0.3, 0.4) is 0 Å². The van der Waals surface area contributed by atoms with Gasteiger partial charge in [-0.15, -0.1) is 0 Å². The second kappa shape index (κ2) is 2.73. The Morgan fingerprint density at radius 3 is 2.38 bits per heavy atom. The monoisotopic (exact) mass is 107 g/mol. The van der Waals surface area contributed by atoms with Crippen molar-refractivity contribution in [1.82, 2.24) is 0 Å². The van der Waals surface area contributed by atoms with Crippen LogP contribution in [0.15, 0.2) is 5.70 Å². The van der Waals surface area contributed by atoms with Crippen molar-refractivity contribution in [3.63, 3.8) is 0 Å². The van der Waals surface area contributed by atoms with Crippen molar-refractivity contribution in [2.24, 2.45) is 0 Å². The minimum atomic E-state index is -0.470. The number of hydrogen-bond acceptors (Lipinski definition) is 1. The second-order valence-electron chi connectivity index (χ2n) is 1.13. The zero-order chi connectivity index (χ0) is 6.57. The maximum Gasteiger partial charge on any atom is 0.247 e. The Kier molecular flexibility index (Phi) is 2.25. The molecule has 0 radical (unpaired) electrons. The van der Waals surface area contributed by atoms with Gasteiger partial charge in [-0.25, -0.2) is 4.85 Å². The quantitative estimate of drug-likeness (QED) is 0.275. The molecule has 0 aromatic carbocycles. The summed E-state index contributed by atoms with van der Waals surface area (Å²) in [5.41, 5.74) is -0.356. The fourth-order valence-electron chi connectivity index (χ4n) is 0.182. The Labute approximate surface area is 47.0 Å². The van der Waals surface area contributed by atoms with Gasteiger partial charge in [0.05, 0.1) is 6.57 Å². The van der Waals surface area contributed by atoms with Crippen molar-refractivity contribution in [3.8, 4) is 0 Å². The summed E-state index contributed by atoms with van der Waals surface area (Å²) in [6, 6.07) is 0. The molecule has 0 aromatic heterocycles. The number of allylic oxidation sites excluding steroid dienone is 1. The first kappa shape index (κ1) is 6.61. The maximum atomic E-state index is 10.1. The average molecular weight is 107 g/mol. The van der Waals surface area contributed by atoms with Gasteiger partial charge >= 0.3 is 0 Å². The summed E-state index contributed by atoms with van der Waals surface area (Å²) in [5.74, 6) is 0.994. The van der Waals surface area contributed by atoms with E-state index in [-0.39, 0.29) is 5.70 Å². The fraction of sp³-hybridized carbons (Fsp3) is 0.200. The molecule has 0 saturated heterocycles. The molecule has 0 aliphatic heterocycles. The summed E-state index contributed by atoms with van der Waals surface area (Å²) < 4.78 is 0. The highest BCUT2D eigenvalue weighted by molar-refractivity contribution is 6.03. The average Bonchev–Trinajstić information content (AvgIpc) is 1.69. The molecule has 40 valence electrons. The number of ketones is 1. The number of Topliss-reactive ketones (excluding diaryl/α,β-unsaturated/α-hetero) is 1. The molecule has 8 heavy (non-hydrogen) atoms. The minimum absolute atomic E-state index is 0.356. The summed E-state index contributed by atoms with van der Waals surface area (Å²) in [7, 11) is 0. The molecule has 0 rings (SSSR count). The summed E-state index contributed by atoms with van der Waals surface area (Å²) in [5, 5.41) is 7.97. The molecular formula is C5H3N2O-. The van der Waals surface area contributed by atoms with Gasteiger partial charge in [-0.05, 0) is 6.92 Å². The molecule has 0 bridgehead atoms. The molecule has 0 amide bonds. The lowest BCUT2D eigenvalue weighted by atomic mass is 10.4.